The first-order chi connectivity index (χ1) is 12.0. The monoisotopic (exact) mass is 341 g/mol. The van der Waals surface area contributed by atoms with Gasteiger partial charge in [0.1, 0.15) is 18.0 Å². The van der Waals surface area contributed by atoms with E-state index in [2.05, 4.69) is 24.8 Å². The van der Waals surface area contributed by atoms with E-state index in [0.717, 1.165) is 54.7 Å². The third-order valence-electron chi connectivity index (χ3n) is 4.42. The van der Waals surface area contributed by atoms with Gasteiger partial charge in [-0.15, -0.1) is 0 Å². The second-order valence-corrected chi connectivity index (χ2v) is 6.56. The molecule has 0 spiro atoms. The molecule has 3 rings (SSSR count). The Balaban J connectivity index is 1.77. The number of carbonyl (C=O) groups is 1. The largest absolute Gasteiger partial charge is 0.481 e. The molecule has 0 radical (unpaired) electrons. The Morgan fingerprint density at radius 1 is 1.24 bits per heavy atom. The van der Waals surface area contributed by atoms with Crippen LogP contribution in [0.15, 0.2) is 18.5 Å². The second-order valence-electron chi connectivity index (χ2n) is 6.56. The Kier molecular flexibility index (Phi) is 5.21. The first-order valence-electron chi connectivity index (χ1n) is 8.61. The smallest absolute Gasteiger partial charge is 0.303 e. The minimum atomic E-state index is -0.805. The van der Waals surface area contributed by atoms with E-state index in [9.17, 15) is 4.79 Å². The van der Waals surface area contributed by atoms with E-state index >= 15 is 0 Å². The molecule has 1 aliphatic heterocycles. The van der Waals surface area contributed by atoms with Gasteiger partial charge in [0, 0.05) is 48.6 Å². The second kappa shape index (κ2) is 7.55. The van der Waals surface area contributed by atoms with Crippen molar-refractivity contribution in [2.24, 2.45) is 0 Å². The fourth-order valence-electron chi connectivity index (χ4n) is 3.21. The quantitative estimate of drug-likeness (QED) is 0.892. The molecule has 1 aliphatic rings. The Morgan fingerprint density at radius 2 is 2.08 bits per heavy atom. The van der Waals surface area contributed by atoms with Crippen LogP contribution in [0.4, 0.5) is 5.82 Å². The molecule has 7 heteroatoms. The van der Waals surface area contributed by atoms with Gasteiger partial charge in [-0.25, -0.2) is 19.9 Å². The molecule has 132 valence electrons. The molecule has 3 heterocycles. The highest BCUT2D eigenvalue weighted by molar-refractivity contribution is 5.66. The Hall–Kier alpha value is -2.57. The van der Waals surface area contributed by atoms with Gasteiger partial charge in [0.2, 0.25) is 0 Å². The van der Waals surface area contributed by atoms with E-state index in [0.29, 0.717) is 6.42 Å². The number of aromatic nitrogens is 4. The maximum absolute atomic E-state index is 10.8. The molecule has 0 saturated carbocycles. The summed E-state index contributed by atoms with van der Waals surface area (Å²) in [4.78, 5) is 30.9. The lowest BCUT2D eigenvalue weighted by molar-refractivity contribution is -0.136. The number of rotatable bonds is 5. The molecule has 25 heavy (non-hydrogen) atoms. The number of carboxylic acid groups (broad SMARTS) is 1. The molecule has 1 saturated heterocycles. The van der Waals surface area contributed by atoms with Crippen molar-refractivity contribution in [1.29, 1.82) is 0 Å². The lowest BCUT2D eigenvalue weighted by Gasteiger charge is -2.33. The highest BCUT2D eigenvalue weighted by Gasteiger charge is 2.25. The summed E-state index contributed by atoms with van der Waals surface area (Å²) in [6.07, 6.45) is 4.21. The van der Waals surface area contributed by atoms with Crippen molar-refractivity contribution >= 4 is 11.8 Å². The van der Waals surface area contributed by atoms with Crippen molar-refractivity contribution < 1.29 is 9.90 Å². The molecule has 0 unspecified atom stereocenters. The number of aryl methyl sites for hydroxylation is 3. The molecule has 0 aromatic carbocycles. The number of carboxylic acids is 1. The van der Waals surface area contributed by atoms with Crippen LogP contribution in [-0.4, -0.2) is 44.1 Å². The van der Waals surface area contributed by atoms with Crippen molar-refractivity contribution in [2.45, 2.75) is 45.4 Å². The van der Waals surface area contributed by atoms with Crippen molar-refractivity contribution in [1.82, 2.24) is 19.9 Å². The Bertz CT molecular complexity index is 765. The Labute approximate surface area is 147 Å². The van der Waals surface area contributed by atoms with Gasteiger partial charge in [-0.1, -0.05) is 0 Å². The molecule has 2 aromatic heterocycles. The average molecular weight is 341 g/mol. The van der Waals surface area contributed by atoms with Gasteiger partial charge in [0.05, 0.1) is 6.42 Å². The zero-order chi connectivity index (χ0) is 17.8. The lowest BCUT2D eigenvalue weighted by atomic mass is 9.96. The van der Waals surface area contributed by atoms with E-state index in [4.69, 9.17) is 5.11 Å². The number of piperidine rings is 1. The van der Waals surface area contributed by atoms with Gasteiger partial charge in [-0.2, -0.15) is 0 Å². The molecule has 1 fully saturated rings. The molecule has 0 aliphatic carbocycles. The number of aliphatic carboxylic acids is 1. The average Bonchev–Trinajstić information content (AvgIpc) is 2.60. The fourth-order valence-corrected chi connectivity index (χ4v) is 3.21. The Morgan fingerprint density at radius 3 is 2.84 bits per heavy atom. The van der Waals surface area contributed by atoms with Crippen LogP contribution in [0.3, 0.4) is 0 Å². The van der Waals surface area contributed by atoms with Gasteiger partial charge in [0.15, 0.2) is 0 Å². The summed E-state index contributed by atoms with van der Waals surface area (Å²) in [6.45, 7) is 5.68. The van der Waals surface area contributed by atoms with Crippen molar-refractivity contribution in [3.8, 4) is 0 Å². The number of nitrogens with zero attached hydrogens (tertiary/aromatic N) is 5. The fraction of sp³-hybridized carbons (Fsp3) is 0.500. The first-order valence-corrected chi connectivity index (χ1v) is 8.61. The standard InChI is InChI=1S/C18H23N5O2/c1-12-9-16(20-11-19-12)23-7-3-4-14(10-23)18-21-13(2)8-15(22-18)5-6-17(24)25/h8-9,11,14H,3-7,10H2,1-2H3,(H,24,25)/t14-/m0/s1. The minimum absolute atomic E-state index is 0.0902. The van der Waals surface area contributed by atoms with E-state index < -0.39 is 5.97 Å². The van der Waals surface area contributed by atoms with E-state index in [1.54, 1.807) is 6.33 Å². The van der Waals surface area contributed by atoms with Crippen LogP contribution in [-0.2, 0) is 11.2 Å². The van der Waals surface area contributed by atoms with E-state index in [-0.39, 0.29) is 12.3 Å². The van der Waals surface area contributed by atoms with Gasteiger partial charge >= 0.3 is 5.97 Å². The van der Waals surface area contributed by atoms with Crippen LogP contribution < -0.4 is 4.90 Å². The topological polar surface area (TPSA) is 92.1 Å². The van der Waals surface area contributed by atoms with Crippen LogP contribution in [0.5, 0.6) is 0 Å². The third kappa shape index (κ3) is 4.49. The molecule has 2 aromatic rings. The summed E-state index contributed by atoms with van der Waals surface area (Å²) >= 11 is 0. The molecular formula is C18H23N5O2. The predicted molar refractivity (Wildman–Crippen MR) is 93.7 cm³/mol. The first kappa shape index (κ1) is 17.3. The maximum Gasteiger partial charge on any atom is 0.303 e. The van der Waals surface area contributed by atoms with E-state index in [1.165, 1.54) is 0 Å². The third-order valence-corrected chi connectivity index (χ3v) is 4.42. The van der Waals surface area contributed by atoms with Crippen LogP contribution in [0.1, 0.15) is 48.1 Å². The normalized spacial score (nSPS) is 17.5. The van der Waals surface area contributed by atoms with Crippen molar-refractivity contribution in [2.75, 3.05) is 18.0 Å². The number of hydrogen-bond donors (Lipinski definition) is 1. The molecular weight excluding hydrogens is 318 g/mol. The lowest BCUT2D eigenvalue weighted by Crippen LogP contribution is -2.35. The number of hydrogen-bond acceptors (Lipinski definition) is 6. The van der Waals surface area contributed by atoms with Crippen LogP contribution in [0.25, 0.3) is 0 Å². The van der Waals surface area contributed by atoms with Crippen LogP contribution in [0, 0.1) is 13.8 Å². The summed E-state index contributed by atoms with van der Waals surface area (Å²) in [5.41, 5.74) is 2.65. The zero-order valence-electron chi connectivity index (χ0n) is 14.6. The van der Waals surface area contributed by atoms with Crippen molar-refractivity contribution in [3.05, 3.63) is 41.4 Å². The molecule has 0 amide bonds. The van der Waals surface area contributed by atoms with Gasteiger partial charge in [-0.3, -0.25) is 4.79 Å². The summed E-state index contributed by atoms with van der Waals surface area (Å²) in [5, 5.41) is 8.88. The van der Waals surface area contributed by atoms with Crippen molar-refractivity contribution in [3.63, 3.8) is 0 Å². The summed E-state index contributed by atoms with van der Waals surface area (Å²) in [5.74, 6) is 1.18. The SMILES string of the molecule is Cc1cc(N2CCC[C@H](c3nc(C)cc(CCC(=O)O)n3)C2)ncn1. The zero-order valence-corrected chi connectivity index (χ0v) is 14.6. The summed E-state index contributed by atoms with van der Waals surface area (Å²) in [7, 11) is 0. The van der Waals surface area contributed by atoms with Gasteiger partial charge in [-0.05, 0) is 32.8 Å². The summed E-state index contributed by atoms with van der Waals surface area (Å²) in [6, 6.07) is 3.87. The molecule has 1 atom stereocenters. The molecule has 0 bridgehead atoms. The van der Waals surface area contributed by atoms with E-state index in [1.807, 2.05) is 26.0 Å². The predicted octanol–water partition coefficient (Wildman–Crippen LogP) is 2.28. The highest BCUT2D eigenvalue weighted by atomic mass is 16.4. The summed E-state index contributed by atoms with van der Waals surface area (Å²) < 4.78 is 0. The maximum atomic E-state index is 10.8. The molecule has 1 N–H and O–H groups in total. The number of anilines is 1. The highest BCUT2D eigenvalue weighted by Crippen LogP contribution is 2.27. The van der Waals surface area contributed by atoms with Gasteiger partial charge in [0.25, 0.3) is 0 Å². The van der Waals surface area contributed by atoms with Crippen LogP contribution >= 0.6 is 0 Å². The van der Waals surface area contributed by atoms with Gasteiger partial charge < -0.3 is 10.0 Å². The minimum Gasteiger partial charge on any atom is -0.481 e. The molecule has 7 nitrogen and oxygen atoms in total. The van der Waals surface area contributed by atoms with Crippen LogP contribution in [0.2, 0.25) is 0 Å².